The Balaban J connectivity index is 1.55. The highest BCUT2D eigenvalue weighted by Crippen LogP contribution is 2.34. The van der Waals surface area contributed by atoms with Gasteiger partial charge in [-0.15, -0.1) is 0 Å². The highest BCUT2D eigenvalue weighted by atomic mass is 19.1. The highest BCUT2D eigenvalue weighted by Gasteiger charge is 2.20. The number of halogens is 1. The van der Waals surface area contributed by atoms with E-state index in [1.807, 2.05) is 39.8 Å². The van der Waals surface area contributed by atoms with Gasteiger partial charge < -0.3 is 19.5 Å². The van der Waals surface area contributed by atoms with Gasteiger partial charge in [-0.25, -0.2) is 4.39 Å². The Morgan fingerprint density at radius 1 is 1.11 bits per heavy atom. The fourth-order valence-electron chi connectivity index (χ4n) is 3.78. The number of rotatable bonds is 9. The average molecular weight is 493 g/mol. The van der Waals surface area contributed by atoms with Crippen molar-refractivity contribution in [2.45, 2.75) is 46.8 Å². The molecule has 0 saturated heterocycles. The molecule has 0 spiro atoms. The number of benzene rings is 2. The number of aryl methyl sites for hydroxylation is 2. The van der Waals surface area contributed by atoms with E-state index in [0.29, 0.717) is 29.3 Å². The molecule has 0 saturated carbocycles. The lowest BCUT2D eigenvalue weighted by Gasteiger charge is -2.13. The summed E-state index contributed by atoms with van der Waals surface area (Å²) >= 11 is 0. The Hall–Kier alpha value is -4.14. The van der Waals surface area contributed by atoms with E-state index in [-0.39, 0.29) is 23.2 Å². The first kappa shape index (κ1) is 25.0. The van der Waals surface area contributed by atoms with Crippen LogP contribution in [0.25, 0.3) is 10.9 Å². The molecule has 0 fully saturated rings. The molecule has 0 aliphatic rings. The van der Waals surface area contributed by atoms with Crippen LogP contribution >= 0.6 is 0 Å². The van der Waals surface area contributed by atoms with Crippen molar-refractivity contribution in [1.82, 2.24) is 14.8 Å². The Morgan fingerprint density at radius 2 is 1.92 bits per heavy atom. The lowest BCUT2D eigenvalue weighted by molar-refractivity contribution is 0.101. The van der Waals surface area contributed by atoms with Gasteiger partial charge in [-0.05, 0) is 57.0 Å². The highest BCUT2D eigenvalue weighted by molar-refractivity contribution is 6.04. The predicted molar refractivity (Wildman–Crippen MR) is 136 cm³/mol. The van der Waals surface area contributed by atoms with Crippen molar-refractivity contribution in [3.05, 3.63) is 65.9 Å². The zero-order chi connectivity index (χ0) is 25.8. The summed E-state index contributed by atoms with van der Waals surface area (Å²) in [7, 11) is 1.60. The molecule has 1 N–H and O–H groups in total. The van der Waals surface area contributed by atoms with Crippen molar-refractivity contribution < 1.29 is 23.4 Å². The number of carbonyl (C=O) groups excluding carboxylic acids is 1. The van der Waals surface area contributed by atoms with E-state index >= 15 is 0 Å². The predicted octanol–water partition coefficient (Wildman–Crippen LogP) is 6.13. The Morgan fingerprint density at radius 3 is 2.61 bits per heavy atom. The first-order valence-corrected chi connectivity index (χ1v) is 11.7. The second-order valence-corrected chi connectivity index (χ2v) is 8.62. The standard InChI is InChI=1S/C27H29FN4O4/c1-6-11-32-15-25(35-16(2)3)26(31-32)27(33)30-18-7-8-23(20(28)13-18)36-22-9-10-29-21-14-24(34-5)17(4)12-19(21)22/h7-10,12-16H,6,11H2,1-5H3,(H,30,33). The number of carbonyl (C=O) groups is 1. The largest absolute Gasteiger partial charge is 0.496 e. The van der Waals surface area contributed by atoms with Gasteiger partial charge in [0.15, 0.2) is 23.0 Å². The molecule has 36 heavy (non-hydrogen) atoms. The van der Waals surface area contributed by atoms with E-state index in [1.54, 1.807) is 36.3 Å². The minimum atomic E-state index is -0.627. The summed E-state index contributed by atoms with van der Waals surface area (Å²) < 4.78 is 33.6. The van der Waals surface area contributed by atoms with Crippen LogP contribution in [0.2, 0.25) is 0 Å². The van der Waals surface area contributed by atoms with Crippen LogP contribution in [0.15, 0.2) is 48.8 Å². The molecule has 2 aromatic heterocycles. The minimum absolute atomic E-state index is 0.0185. The molecular weight excluding hydrogens is 463 g/mol. The Kier molecular flexibility index (Phi) is 7.38. The molecule has 2 heterocycles. The van der Waals surface area contributed by atoms with Crippen LogP contribution in [0, 0.1) is 12.7 Å². The molecule has 0 aliphatic heterocycles. The van der Waals surface area contributed by atoms with Crippen LogP contribution in [-0.2, 0) is 6.54 Å². The Bertz CT molecular complexity index is 1400. The van der Waals surface area contributed by atoms with Gasteiger partial charge in [0, 0.05) is 35.9 Å². The van der Waals surface area contributed by atoms with Gasteiger partial charge in [-0.3, -0.25) is 14.5 Å². The monoisotopic (exact) mass is 492 g/mol. The van der Waals surface area contributed by atoms with Gasteiger partial charge in [0.2, 0.25) is 0 Å². The third-order valence-corrected chi connectivity index (χ3v) is 5.39. The first-order chi connectivity index (χ1) is 17.3. The summed E-state index contributed by atoms with van der Waals surface area (Å²) in [6, 6.07) is 9.61. The molecule has 188 valence electrons. The number of pyridine rings is 1. The number of methoxy groups -OCH3 is 1. The number of ether oxygens (including phenoxy) is 3. The van der Waals surface area contributed by atoms with E-state index in [4.69, 9.17) is 14.2 Å². The summed E-state index contributed by atoms with van der Waals surface area (Å²) in [6.07, 6.45) is 4.02. The van der Waals surface area contributed by atoms with Gasteiger partial charge >= 0.3 is 0 Å². The van der Waals surface area contributed by atoms with Crippen LogP contribution in [0.1, 0.15) is 43.2 Å². The summed E-state index contributed by atoms with van der Waals surface area (Å²) in [5.41, 5.74) is 1.99. The van der Waals surface area contributed by atoms with Crippen molar-refractivity contribution in [2.75, 3.05) is 12.4 Å². The van der Waals surface area contributed by atoms with Gasteiger partial charge in [0.1, 0.15) is 11.5 Å². The third-order valence-electron chi connectivity index (χ3n) is 5.39. The van der Waals surface area contributed by atoms with Crippen LogP contribution in [0.3, 0.4) is 0 Å². The maximum Gasteiger partial charge on any atom is 0.280 e. The zero-order valence-corrected chi connectivity index (χ0v) is 21.0. The summed E-state index contributed by atoms with van der Waals surface area (Å²) in [4.78, 5) is 17.3. The van der Waals surface area contributed by atoms with E-state index in [1.165, 1.54) is 12.1 Å². The zero-order valence-electron chi connectivity index (χ0n) is 21.0. The van der Waals surface area contributed by atoms with Crippen LogP contribution in [-0.4, -0.2) is 33.9 Å². The van der Waals surface area contributed by atoms with Crippen molar-refractivity contribution in [1.29, 1.82) is 0 Å². The van der Waals surface area contributed by atoms with Crippen LogP contribution in [0.5, 0.6) is 23.0 Å². The second-order valence-electron chi connectivity index (χ2n) is 8.62. The van der Waals surface area contributed by atoms with Gasteiger partial charge in [0.25, 0.3) is 5.91 Å². The maximum atomic E-state index is 15.0. The van der Waals surface area contributed by atoms with E-state index in [2.05, 4.69) is 15.4 Å². The fraction of sp³-hybridized carbons (Fsp3) is 0.296. The molecule has 1 amide bonds. The summed E-state index contributed by atoms with van der Waals surface area (Å²) in [5, 5.41) is 7.76. The van der Waals surface area contributed by atoms with E-state index < -0.39 is 11.7 Å². The molecular formula is C27H29FN4O4. The second kappa shape index (κ2) is 10.6. The lowest BCUT2D eigenvalue weighted by atomic mass is 10.1. The molecule has 0 atom stereocenters. The molecule has 0 aliphatic carbocycles. The number of amides is 1. The molecule has 0 bridgehead atoms. The molecule has 4 aromatic rings. The summed E-state index contributed by atoms with van der Waals surface area (Å²) in [5.74, 6) is 0.451. The maximum absolute atomic E-state index is 15.0. The van der Waals surface area contributed by atoms with Gasteiger partial charge in [-0.1, -0.05) is 6.92 Å². The van der Waals surface area contributed by atoms with Crippen molar-refractivity contribution in [3.63, 3.8) is 0 Å². The normalized spacial score (nSPS) is 11.1. The number of anilines is 1. The lowest BCUT2D eigenvalue weighted by Crippen LogP contribution is -2.16. The number of hydrogen-bond acceptors (Lipinski definition) is 6. The van der Waals surface area contributed by atoms with Crippen molar-refractivity contribution in [2.24, 2.45) is 0 Å². The number of nitrogens with one attached hydrogen (secondary N) is 1. The number of aromatic nitrogens is 3. The third kappa shape index (κ3) is 5.40. The van der Waals surface area contributed by atoms with Crippen molar-refractivity contribution in [3.8, 4) is 23.0 Å². The van der Waals surface area contributed by atoms with Gasteiger partial charge in [0.05, 0.1) is 24.9 Å². The van der Waals surface area contributed by atoms with Gasteiger partial charge in [-0.2, -0.15) is 5.10 Å². The van der Waals surface area contributed by atoms with E-state index in [9.17, 15) is 9.18 Å². The molecule has 8 nitrogen and oxygen atoms in total. The SMILES string of the molecule is CCCn1cc(OC(C)C)c(C(=O)Nc2ccc(Oc3ccnc4cc(OC)c(C)cc34)c(F)c2)n1. The molecule has 2 aromatic carbocycles. The van der Waals surface area contributed by atoms with E-state index in [0.717, 1.165) is 17.4 Å². The molecule has 9 heteroatoms. The quantitative estimate of drug-likeness (QED) is 0.302. The molecule has 0 unspecified atom stereocenters. The van der Waals surface area contributed by atoms with Crippen LogP contribution < -0.4 is 19.5 Å². The molecule has 4 rings (SSSR count). The fourth-order valence-corrected chi connectivity index (χ4v) is 3.78. The average Bonchev–Trinajstić information content (AvgIpc) is 3.22. The van der Waals surface area contributed by atoms with Crippen molar-refractivity contribution >= 4 is 22.5 Å². The smallest absolute Gasteiger partial charge is 0.280 e. The topological polar surface area (TPSA) is 87.5 Å². The number of nitrogens with zero attached hydrogens (tertiary/aromatic N) is 3. The van der Waals surface area contributed by atoms with Crippen LogP contribution in [0.4, 0.5) is 10.1 Å². The molecule has 0 radical (unpaired) electrons. The summed E-state index contributed by atoms with van der Waals surface area (Å²) in [6.45, 7) is 8.32. The number of fused-ring (bicyclic) bond motifs is 1. The minimum Gasteiger partial charge on any atom is -0.496 e. The number of hydrogen-bond donors (Lipinski definition) is 1. The Labute approximate surface area is 209 Å². The first-order valence-electron chi connectivity index (χ1n) is 11.7.